The van der Waals surface area contributed by atoms with E-state index in [0.29, 0.717) is 31.7 Å². The van der Waals surface area contributed by atoms with E-state index in [1.807, 2.05) is 56.3 Å². The summed E-state index contributed by atoms with van der Waals surface area (Å²) in [7, 11) is 1.60. The van der Waals surface area contributed by atoms with Gasteiger partial charge in [-0.15, -0.1) is 0 Å². The number of unbranched alkanes of at least 4 members (excludes halogenated alkanes) is 2. The third-order valence-electron chi connectivity index (χ3n) is 6.15. The predicted octanol–water partition coefficient (Wildman–Crippen LogP) is 5.33. The summed E-state index contributed by atoms with van der Waals surface area (Å²) < 4.78 is 11.0. The van der Waals surface area contributed by atoms with Crippen LogP contribution >= 0.6 is 0 Å². The van der Waals surface area contributed by atoms with Crippen molar-refractivity contribution in [1.29, 1.82) is 0 Å². The molecule has 1 atom stereocenters. The lowest BCUT2D eigenvalue weighted by molar-refractivity contribution is -0.140. The lowest BCUT2D eigenvalue weighted by Gasteiger charge is -2.25. The van der Waals surface area contributed by atoms with Crippen LogP contribution in [0.3, 0.4) is 0 Å². The molecule has 0 spiro atoms. The number of benzene rings is 2. The fourth-order valence-electron chi connectivity index (χ4n) is 4.26. The summed E-state index contributed by atoms with van der Waals surface area (Å²) in [6, 6.07) is 12.5. The summed E-state index contributed by atoms with van der Waals surface area (Å²) in [6.45, 7) is 7.42. The van der Waals surface area contributed by atoms with Crippen molar-refractivity contribution >= 4 is 17.4 Å². The van der Waals surface area contributed by atoms with Crippen LogP contribution in [-0.2, 0) is 14.3 Å². The van der Waals surface area contributed by atoms with Gasteiger partial charge in [0, 0.05) is 25.8 Å². The van der Waals surface area contributed by atoms with Gasteiger partial charge in [0.1, 0.15) is 11.5 Å². The van der Waals surface area contributed by atoms with Gasteiger partial charge in [-0.05, 0) is 56.0 Å². The highest BCUT2D eigenvalue weighted by Crippen LogP contribution is 2.40. The number of aryl methyl sites for hydroxylation is 2. The van der Waals surface area contributed by atoms with Crippen molar-refractivity contribution in [3.05, 3.63) is 70.3 Å². The molecule has 0 aliphatic carbocycles. The standard InChI is InChI=1S/C28H35NO5/c1-5-6-7-17-34-22-13-11-21(12-14-22)25-24(26(30)23-18-19(2)9-10-20(23)3)27(31)28(32)29(25)15-8-16-33-4/h9-14,18,25,30H,5-8,15-17H2,1-4H3/b26-24+. The van der Waals surface area contributed by atoms with Gasteiger partial charge in [0.15, 0.2) is 0 Å². The summed E-state index contributed by atoms with van der Waals surface area (Å²) in [5, 5.41) is 11.3. The highest BCUT2D eigenvalue weighted by Gasteiger charge is 2.45. The van der Waals surface area contributed by atoms with Gasteiger partial charge < -0.3 is 19.5 Å². The Balaban J connectivity index is 2.01. The zero-order valence-corrected chi connectivity index (χ0v) is 20.6. The van der Waals surface area contributed by atoms with Gasteiger partial charge in [-0.2, -0.15) is 0 Å². The lowest BCUT2D eigenvalue weighted by Crippen LogP contribution is -2.31. The van der Waals surface area contributed by atoms with E-state index in [9.17, 15) is 14.7 Å². The number of methoxy groups -OCH3 is 1. The lowest BCUT2D eigenvalue weighted by atomic mass is 9.93. The molecular weight excluding hydrogens is 430 g/mol. The second-order valence-electron chi connectivity index (χ2n) is 8.78. The Morgan fingerprint density at radius 3 is 2.41 bits per heavy atom. The van der Waals surface area contributed by atoms with Crippen molar-refractivity contribution in [3.63, 3.8) is 0 Å². The van der Waals surface area contributed by atoms with Crippen LogP contribution in [-0.4, -0.2) is 48.6 Å². The van der Waals surface area contributed by atoms with Gasteiger partial charge in [-0.3, -0.25) is 9.59 Å². The SMILES string of the molecule is CCCCCOc1ccc(C2/C(=C(\O)c3cc(C)ccc3C)C(=O)C(=O)N2CCCOC)cc1. The van der Waals surface area contributed by atoms with Crippen molar-refractivity contribution in [2.24, 2.45) is 0 Å². The van der Waals surface area contributed by atoms with E-state index in [-0.39, 0.29) is 11.3 Å². The molecular formula is C28H35NO5. The van der Waals surface area contributed by atoms with Crippen LogP contribution < -0.4 is 4.74 Å². The van der Waals surface area contributed by atoms with E-state index in [1.165, 1.54) is 4.90 Å². The van der Waals surface area contributed by atoms with E-state index in [4.69, 9.17) is 9.47 Å². The Morgan fingerprint density at radius 1 is 1.00 bits per heavy atom. The van der Waals surface area contributed by atoms with Crippen LogP contribution in [0.15, 0.2) is 48.0 Å². The minimum Gasteiger partial charge on any atom is -0.507 e. The topological polar surface area (TPSA) is 76.1 Å². The van der Waals surface area contributed by atoms with Crippen molar-refractivity contribution in [3.8, 4) is 5.75 Å². The molecule has 1 aliphatic rings. The number of hydrogen-bond acceptors (Lipinski definition) is 5. The number of carbonyl (C=O) groups excluding carboxylic acids is 2. The third-order valence-corrected chi connectivity index (χ3v) is 6.15. The maximum absolute atomic E-state index is 13.1. The third kappa shape index (κ3) is 5.68. The Bertz CT molecular complexity index is 1040. The molecule has 6 nitrogen and oxygen atoms in total. The second-order valence-corrected chi connectivity index (χ2v) is 8.78. The molecule has 1 heterocycles. The fourth-order valence-corrected chi connectivity index (χ4v) is 4.26. The molecule has 0 bridgehead atoms. The summed E-state index contributed by atoms with van der Waals surface area (Å²) in [6.07, 6.45) is 3.83. The molecule has 3 rings (SSSR count). The smallest absolute Gasteiger partial charge is 0.295 e. The van der Waals surface area contributed by atoms with Gasteiger partial charge in [0.2, 0.25) is 0 Å². The van der Waals surface area contributed by atoms with Gasteiger partial charge in [-0.25, -0.2) is 0 Å². The number of nitrogens with zero attached hydrogens (tertiary/aromatic N) is 1. The van der Waals surface area contributed by atoms with Crippen molar-refractivity contribution < 1.29 is 24.2 Å². The number of ether oxygens (including phenoxy) is 2. The fraction of sp³-hybridized carbons (Fsp3) is 0.429. The van der Waals surface area contributed by atoms with Crippen LogP contribution in [0, 0.1) is 13.8 Å². The second kappa shape index (κ2) is 11.8. The van der Waals surface area contributed by atoms with Gasteiger partial charge >= 0.3 is 0 Å². The molecule has 2 aromatic carbocycles. The van der Waals surface area contributed by atoms with E-state index < -0.39 is 17.7 Å². The molecule has 1 amide bonds. The molecule has 1 aliphatic heterocycles. The Morgan fingerprint density at radius 2 is 1.74 bits per heavy atom. The van der Waals surface area contributed by atoms with Crippen molar-refractivity contribution in [2.45, 2.75) is 52.5 Å². The largest absolute Gasteiger partial charge is 0.507 e. The minimum absolute atomic E-state index is 0.118. The molecule has 0 aromatic heterocycles. The summed E-state index contributed by atoms with van der Waals surface area (Å²) in [5.41, 5.74) is 3.23. The molecule has 1 fully saturated rings. The molecule has 6 heteroatoms. The van der Waals surface area contributed by atoms with Gasteiger partial charge in [-0.1, -0.05) is 49.6 Å². The van der Waals surface area contributed by atoms with Crippen LogP contribution in [0.2, 0.25) is 0 Å². The zero-order chi connectivity index (χ0) is 24.7. The van der Waals surface area contributed by atoms with Crippen LogP contribution in [0.4, 0.5) is 0 Å². The molecule has 34 heavy (non-hydrogen) atoms. The number of amides is 1. The van der Waals surface area contributed by atoms with E-state index in [2.05, 4.69) is 6.92 Å². The number of hydrogen-bond donors (Lipinski definition) is 1. The van der Waals surface area contributed by atoms with E-state index in [0.717, 1.165) is 41.7 Å². The molecule has 2 aromatic rings. The van der Waals surface area contributed by atoms with Crippen LogP contribution in [0.25, 0.3) is 5.76 Å². The first-order valence-electron chi connectivity index (χ1n) is 12.0. The molecule has 182 valence electrons. The molecule has 1 saturated heterocycles. The van der Waals surface area contributed by atoms with Crippen LogP contribution in [0.1, 0.15) is 60.9 Å². The quantitative estimate of drug-likeness (QED) is 0.210. The summed E-state index contributed by atoms with van der Waals surface area (Å²) >= 11 is 0. The maximum atomic E-state index is 13.1. The van der Waals surface area contributed by atoms with E-state index >= 15 is 0 Å². The summed E-state index contributed by atoms with van der Waals surface area (Å²) in [5.74, 6) is -0.669. The Hall–Kier alpha value is -3.12. The zero-order valence-electron chi connectivity index (χ0n) is 20.6. The molecule has 1 unspecified atom stereocenters. The number of ketones is 1. The first-order chi connectivity index (χ1) is 16.4. The first kappa shape index (κ1) is 25.5. The summed E-state index contributed by atoms with van der Waals surface area (Å²) in [4.78, 5) is 27.7. The highest BCUT2D eigenvalue weighted by atomic mass is 16.5. The van der Waals surface area contributed by atoms with Gasteiger partial charge in [0.05, 0.1) is 18.2 Å². The number of carbonyl (C=O) groups is 2. The Kier molecular flexibility index (Phi) is 8.88. The molecule has 0 radical (unpaired) electrons. The first-order valence-corrected chi connectivity index (χ1v) is 12.0. The van der Waals surface area contributed by atoms with Crippen molar-refractivity contribution in [1.82, 2.24) is 4.90 Å². The molecule has 0 saturated carbocycles. The number of aliphatic hydroxyl groups is 1. The minimum atomic E-state index is -0.675. The average molecular weight is 466 g/mol. The van der Waals surface area contributed by atoms with E-state index in [1.54, 1.807) is 7.11 Å². The van der Waals surface area contributed by atoms with Crippen LogP contribution in [0.5, 0.6) is 5.75 Å². The normalized spacial score (nSPS) is 17.4. The maximum Gasteiger partial charge on any atom is 0.295 e. The molecule has 1 N–H and O–H groups in total. The number of aliphatic hydroxyl groups excluding tert-OH is 1. The Labute approximate surface area is 202 Å². The van der Waals surface area contributed by atoms with Gasteiger partial charge in [0.25, 0.3) is 11.7 Å². The predicted molar refractivity (Wildman–Crippen MR) is 133 cm³/mol. The number of Topliss-reactive ketones (excluding diaryl/α,β-unsaturated/α-hetero) is 1. The van der Waals surface area contributed by atoms with Crippen molar-refractivity contribution in [2.75, 3.05) is 26.9 Å². The number of rotatable bonds is 11. The monoisotopic (exact) mass is 465 g/mol. The highest BCUT2D eigenvalue weighted by molar-refractivity contribution is 6.46. The number of likely N-dealkylation sites (tertiary alicyclic amines) is 1. The average Bonchev–Trinajstić information content (AvgIpc) is 3.08.